The highest BCUT2D eigenvalue weighted by molar-refractivity contribution is 7.89. The van der Waals surface area contributed by atoms with Crippen LogP contribution in [0.25, 0.3) is 0 Å². The highest BCUT2D eigenvalue weighted by atomic mass is 35.5. The van der Waals surface area contributed by atoms with Gasteiger partial charge >= 0.3 is 0 Å². The number of piperidine rings is 1. The molecule has 0 atom stereocenters. The summed E-state index contributed by atoms with van der Waals surface area (Å²) >= 11 is 6.28. The van der Waals surface area contributed by atoms with Crippen LogP contribution in [0.5, 0.6) is 0 Å². The summed E-state index contributed by atoms with van der Waals surface area (Å²) in [5.74, 6) is 0.0725. The largest absolute Gasteiger partial charge is 0.341 e. The molecule has 0 aliphatic carbocycles. The monoisotopic (exact) mass is 434 g/mol. The Bertz CT molecular complexity index is 955. The molecule has 0 radical (unpaired) electrons. The third-order valence-corrected chi connectivity index (χ3v) is 8.03. The number of hydrogen-bond donors (Lipinski definition) is 0. The molecule has 2 aromatic rings. The first kappa shape index (κ1) is 21.8. The Kier molecular flexibility index (Phi) is 6.66. The van der Waals surface area contributed by atoms with Crippen LogP contribution in [0.4, 0.5) is 0 Å². The van der Waals surface area contributed by atoms with E-state index in [4.69, 9.17) is 11.6 Å². The maximum absolute atomic E-state index is 13.7. The molecule has 1 fully saturated rings. The molecule has 7 heteroatoms. The summed E-state index contributed by atoms with van der Waals surface area (Å²) in [7, 11) is -1.48. The van der Waals surface area contributed by atoms with E-state index in [0.717, 1.165) is 11.1 Å². The third kappa shape index (κ3) is 4.49. The standard InChI is InChI=1S/C22H27ClN2O3S/c1-3-29(27,28)25-15-13-22(14-16-25,19-10-5-4-6-11-19)21(26)24(2)17-18-9-7-8-12-20(18)23/h4-12H,3,13-17H2,1-2H3. The first-order valence-electron chi connectivity index (χ1n) is 9.82. The Morgan fingerprint density at radius 3 is 2.24 bits per heavy atom. The molecule has 3 rings (SSSR count). The van der Waals surface area contributed by atoms with Crippen LogP contribution in [0.15, 0.2) is 54.6 Å². The summed E-state index contributed by atoms with van der Waals surface area (Å²) in [6.45, 7) is 2.74. The van der Waals surface area contributed by atoms with E-state index in [9.17, 15) is 13.2 Å². The van der Waals surface area contributed by atoms with Crippen molar-refractivity contribution < 1.29 is 13.2 Å². The molecule has 156 valence electrons. The van der Waals surface area contributed by atoms with Crippen LogP contribution in [-0.2, 0) is 26.8 Å². The molecule has 0 N–H and O–H groups in total. The van der Waals surface area contributed by atoms with E-state index >= 15 is 0 Å². The first-order valence-corrected chi connectivity index (χ1v) is 11.8. The number of hydrogen-bond acceptors (Lipinski definition) is 3. The molecule has 0 unspecified atom stereocenters. The second kappa shape index (κ2) is 8.86. The van der Waals surface area contributed by atoms with Gasteiger partial charge in [-0.15, -0.1) is 0 Å². The lowest BCUT2D eigenvalue weighted by Gasteiger charge is -2.42. The van der Waals surface area contributed by atoms with E-state index in [-0.39, 0.29) is 11.7 Å². The predicted octanol–water partition coefficient (Wildman–Crippen LogP) is 3.68. The maximum atomic E-state index is 13.7. The van der Waals surface area contributed by atoms with E-state index in [2.05, 4.69) is 0 Å². The quantitative estimate of drug-likeness (QED) is 0.696. The molecule has 5 nitrogen and oxygen atoms in total. The van der Waals surface area contributed by atoms with Gasteiger partial charge in [-0.3, -0.25) is 4.79 Å². The zero-order chi connectivity index (χ0) is 21.1. The molecule has 1 saturated heterocycles. The molecule has 29 heavy (non-hydrogen) atoms. The van der Waals surface area contributed by atoms with Crippen LogP contribution >= 0.6 is 11.6 Å². The SMILES string of the molecule is CCS(=O)(=O)N1CCC(C(=O)N(C)Cc2ccccc2Cl)(c2ccccc2)CC1. The van der Waals surface area contributed by atoms with Crippen LogP contribution in [0, 0.1) is 0 Å². The van der Waals surface area contributed by atoms with Gasteiger partial charge in [-0.1, -0.05) is 60.1 Å². The second-order valence-corrected chi connectivity index (χ2v) is 10.2. The van der Waals surface area contributed by atoms with Crippen LogP contribution in [0.3, 0.4) is 0 Å². The Morgan fingerprint density at radius 2 is 1.66 bits per heavy atom. The average Bonchev–Trinajstić information content (AvgIpc) is 2.75. The Labute approximate surface area is 178 Å². The molecular formula is C22H27ClN2O3S. The van der Waals surface area contributed by atoms with E-state index in [1.54, 1.807) is 18.9 Å². The second-order valence-electron chi connectivity index (χ2n) is 7.50. The Morgan fingerprint density at radius 1 is 1.07 bits per heavy atom. The average molecular weight is 435 g/mol. The summed E-state index contributed by atoms with van der Waals surface area (Å²) in [4.78, 5) is 15.4. The third-order valence-electron chi connectivity index (χ3n) is 5.78. The number of sulfonamides is 1. The van der Waals surface area contributed by atoms with Crippen LogP contribution < -0.4 is 0 Å². The number of halogens is 1. The van der Waals surface area contributed by atoms with Gasteiger partial charge in [0.2, 0.25) is 15.9 Å². The number of benzene rings is 2. The van der Waals surface area contributed by atoms with Gasteiger partial charge in [-0.05, 0) is 37.0 Å². The van der Waals surface area contributed by atoms with Crippen LogP contribution in [0.1, 0.15) is 30.9 Å². The number of carbonyl (C=O) groups excluding carboxylic acids is 1. The summed E-state index contributed by atoms with van der Waals surface area (Å²) in [6, 6.07) is 17.2. The Hall–Kier alpha value is -1.89. The minimum atomic E-state index is -3.26. The van der Waals surface area contributed by atoms with Crippen molar-refractivity contribution in [3.63, 3.8) is 0 Å². The summed E-state index contributed by atoms with van der Waals surface area (Å²) in [6.07, 6.45) is 0.921. The molecule has 0 spiro atoms. The summed E-state index contributed by atoms with van der Waals surface area (Å²) in [5, 5.41) is 0.629. The molecule has 0 saturated carbocycles. The lowest BCUT2D eigenvalue weighted by molar-refractivity contribution is -0.138. The van der Waals surface area contributed by atoms with Gasteiger partial charge < -0.3 is 4.90 Å². The van der Waals surface area contributed by atoms with Crippen LogP contribution in [-0.4, -0.2) is 49.4 Å². The van der Waals surface area contributed by atoms with Gasteiger partial charge in [0.1, 0.15) is 0 Å². The number of nitrogens with zero attached hydrogens (tertiary/aromatic N) is 2. The van der Waals surface area contributed by atoms with E-state index in [1.165, 1.54) is 4.31 Å². The molecule has 0 bridgehead atoms. The van der Waals surface area contributed by atoms with Crippen molar-refractivity contribution in [3.05, 3.63) is 70.7 Å². The molecule has 0 aromatic heterocycles. The van der Waals surface area contributed by atoms with Crippen molar-refractivity contribution in [1.82, 2.24) is 9.21 Å². The maximum Gasteiger partial charge on any atom is 0.233 e. The van der Waals surface area contributed by atoms with E-state index < -0.39 is 15.4 Å². The zero-order valence-electron chi connectivity index (χ0n) is 16.8. The van der Waals surface area contributed by atoms with Gasteiger partial charge in [0, 0.05) is 31.7 Å². The minimum absolute atomic E-state index is 0.00262. The zero-order valence-corrected chi connectivity index (χ0v) is 18.4. The normalized spacial score (nSPS) is 17.1. The molecule has 2 aromatic carbocycles. The van der Waals surface area contributed by atoms with Gasteiger partial charge in [0.15, 0.2) is 0 Å². The van der Waals surface area contributed by atoms with E-state index in [0.29, 0.717) is 37.5 Å². The van der Waals surface area contributed by atoms with Crippen LogP contribution in [0.2, 0.25) is 5.02 Å². The van der Waals surface area contributed by atoms with E-state index in [1.807, 2.05) is 54.6 Å². The summed E-state index contributed by atoms with van der Waals surface area (Å²) < 4.78 is 26.1. The molecule has 1 heterocycles. The fraction of sp³-hybridized carbons (Fsp3) is 0.409. The van der Waals surface area contributed by atoms with Crippen molar-refractivity contribution in [3.8, 4) is 0 Å². The number of amides is 1. The predicted molar refractivity (Wildman–Crippen MR) is 116 cm³/mol. The fourth-order valence-corrected chi connectivity index (χ4v) is 5.33. The number of carbonyl (C=O) groups is 1. The lowest BCUT2D eigenvalue weighted by atomic mass is 9.72. The molecular weight excluding hydrogens is 408 g/mol. The fourth-order valence-electron chi connectivity index (χ4n) is 4.03. The van der Waals surface area contributed by atoms with Crippen molar-refractivity contribution in [2.75, 3.05) is 25.9 Å². The first-order chi connectivity index (χ1) is 13.8. The van der Waals surface area contributed by atoms with Crippen molar-refractivity contribution in [2.24, 2.45) is 0 Å². The highest BCUT2D eigenvalue weighted by Gasteiger charge is 2.45. The number of likely N-dealkylation sites (N-methyl/N-ethyl adjacent to an activating group) is 1. The van der Waals surface area contributed by atoms with Crippen molar-refractivity contribution in [1.29, 1.82) is 0 Å². The molecule has 1 amide bonds. The van der Waals surface area contributed by atoms with Gasteiger partial charge in [0.05, 0.1) is 11.2 Å². The Balaban J connectivity index is 1.89. The number of rotatable bonds is 6. The molecule has 1 aliphatic rings. The van der Waals surface area contributed by atoms with Gasteiger partial charge in [-0.25, -0.2) is 12.7 Å². The van der Waals surface area contributed by atoms with Gasteiger partial charge in [0.25, 0.3) is 0 Å². The van der Waals surface area contributed by atoms with Crippen molar-refractivity contribution >= 4 is 27.5 Å². The molecule has 1 aliphatic heterocycles. The smallest absolute Gasteiger partial charge is 0.233 e. The van der Waals surface area contributed by atoms with Gasteiger partial charge in [-0.2, -0.15) is 0 Å². The highest BCUT2D eigenvalue weighted by Crippen LogP contribution is 2.38. The summed E-state index contributed by atoms with van der Waals surface area (Å²) in [5.41, 5.74) is 1.08. The minimum Gasteiger partial charge on any atom is -0.341 e. The van der Waals surface area contributed by atoms with Crippen molar-refractivity contribution in [2.45, 2.75) is 31.7 Å². The lowest BCUT2D eigenvalue weighted by Crippen LogP contribution is -2.53. The topological polar surface area (TPSA) is 57.7 Å².